The minimum atomic E-state index is -0.683. The highest BCUT2D eigenvalue weighted by molar-refractivity contribution is 8.18. The SMILES string of the molecule is Cc1ccc(COc2ccc(C=C3SC(=O)N(CC(=O)OC(C)(C)C)C3=O)cc2)cc1. The number of ether oxygens (including phenoxy) is 2. The van der Waals surface area contributed by atoms with Crippen molar-refractivity contribution in [2.24, 2.45) is 0 Å². The van der Waals surface area contributed by atoms with Gasteiger partial charge in [0.05, 0.1) is 4.91 Å². The van der Waals surface area contributed by atoms with Crippen molar-refractivity contribution in [1.29, 1.82) is 0 Å². The van der Waals surface area contributed by atoms with E-state index in [1.165, 1.54) is 5.56 Å². The van der Waals surface area contributed by atoms with E-state index in [-0.39, 0.29) is 4.91 Å². The maximum Gasteiger partial charge on any atom is 0.326 e. The van der Waals surface area contributed by atoms with Gasteiger partial charge >= 0.3 is 5.97 Å². The topological polar surface area (TPSA) is 72.9 Å². The number of thioether (sulfide) groups is 1. The largest absolute Gasteiger partial charge is 0.489 e. The van der Waals surface area contributed by atoms with Gasteiger partial charge in [-0.1, -0.05) is 42.0 Å². The Morgan fingerprint density at radius 1 is 1.03 bits per heavy atom. The standard InChI is InChI=1S/C24H25NO5S/c1-16-5-7-18(8-6-16)15-29-19-11-9-17(10-12-19)13-20-22(27)25(23(28)31-20)14-21(26)30-24(2,3)4/h5-13H,14-15H2,1-4H3. The molecule has 1 aliphatic heterocycles. The summed E-state index contributed by atoms with van der Waals surface area (Å²) in [6.07, 6.45) is 1.63. The zero-order chi connectivity index (χ0) is 22.6. The number of esters is 1. The van der Waals surface area contributed by atoms with E-state index in [0.29, 0.717) is 12.4 Å². The Kier molecular flexibility index (Phi) is 6.85. The molecule has 0 aliphatic carbocycles. The van der Waals surface area contributed by atoms with Gasteiger partial charge in [0.1, 0.15) is 24.5 Å². The third-order valence-corrected chi connectivity index (χ3v) is 5.19. The monoisotopic (exact) mass is 439 g/mol. The molecule has 0 N–H and O–H groups in total. The molecule has 0 aromatic heterocycles. The van der Waals surface area contributed by atoms with Crippen LogP contribution in [0, 0.1) is 6.92 Å². The van der Waals surface area contributed by atoms with Gasteiger partial charge in [-0.15, -0.1) is 0 Å². The number of aryl methyl sites for hydroxylation is 1. The Morgan fingerprint density at radius 3 is 2.29 bits per heavy atom. The second kappa shape index (κ2) is 9.39. The molecule has 0 saturated carbocycles. The summed E-state index contributed by atoms with van der Waals surface area (Å²) in [6, 6.07) is 15.4. The van der Waals surface area contributed by atoms with E-state index in [1.807, 2.05) is 55.5 Å². The van der Waals surface area contributed by atoms with Gasteiger partial charge in [-0.2, -0.15) is 0 Å². The van der Waals surface area contributed by atoms with Gasteiger partial charge in [0, 0.05) is 0 Å². The first kappa shape index (κ1) is 22.6. The molecule has 2 aromatic carbocycles. The lowest BCUT2D eigenvalue weighted by Gasteiger charge is -2.21. The number of benzene rings is 2. The predicted octanol–water partition coefficient (Wildman–Crippen LogP) is 4.95. The second-order valence-corrected chi connectivity index (χ2v) is 9.19. The number of imide groups is 1. The fourth-order valence-electron chi connectivity index (χ4n) is 2.80. The highest BCUT2D eigenvalue weighted by Gasteiger charge is 2.37. The molecule has 0 radical (unpaired) electrons. The van der Waals surface area contributed by atoms with Crippen LogP contribution in [0.2, 0.25) is 0 Å². The van der Waals surface area contributed by atoms with E-state index in [1.54, 1.807) is 26.8 Å². The molecule has 2 amide bonds. The van der Waals surface area contributed by atoms with E-state index in [2.05, 4.69) is 0 Å². The zero-order valence-electron chi connectivity index (χ0n) is 18.0. The first-order chi connectivity index (χ1) is 14.6. The van der Waals surface area contributed by atoms with Gasteiger partial charge < -0.3 is 9.47 Å². The van der Waals surface area contributed by atoms with Crippen LogP contribution in [-0.4, -0.2) is 34.2 Å². The lowest BCUT2D eigenvalue weighted by atomic mass is 10.1. The third-order valence-electron chi connectivity index (χ3n) is 4.28. The molecule has 1 aliphatic rings. The first-order valence-electron chi connectivity index (χ1n) is 9.86. The summed E-state index contributed by atoms with van der Waals surface area (Å²) in [5.41, 5.74) is 2.35. The number of amides is 2. The fourth-order valence-corrected chi connectivity index (χ4v) is 3.64. The summed E-state index contributed by atoms with van der Waals surface area (Å²) in [7, 11) is 0. The molecule has 1 saturated heterocycles. The average molecular weight is 440 g/mol. The van der Waals surface area contributed by atoms with Crippen LogP contribution in [0.25, 0.3) is 6.08 Å². The molecule has 0 atom stereocenters. The Hall–Kier alpha value is -3.06. The van der Waals surface area contributed by atoms with Gasteiger partial charge in [0.2, 0.25) is 0 Å². The van der Waals surface area contributed by atoms with E-state index >= 15 is 0 Å². The smallest absolute Gasteiger partial charge is 0.326 e. The summed E-state index contributed by atoms with van der Waals surface area (Å²) in [4.78, 5) is 37.9. The number of rotatable bonds is 6. The van der Waals surface area contributed by atoms with Crippen LogP contribution in [0.5, 0.6) is 5.75 Å². The third kappa shape index (κ3) is 6.46. The van der Waals surface area contributed by atoms with Gasteiger partial charge in [-0.3, -0.25) is 19.3 Å². The van der Waals surface area contributed by atoms with Crippen molar-refractivity contribution < 1.29 is 23.9 Å². The highest BCUT2D eigenvalue weighted by Crippen LogP contribution is 2.32. The molecule has 0 spiro atoms. The van der Waals surface area contributed by atoms with Crippen molar-refractivity contribution in [1.82, 2.24) is 4.90 Å². The molecule has 1 fully saturated rings. The molecule has 31 heavy (non-hydrogen) atoms. The summed E-state index contributed by atoms with van der Waals surface area (Å²) < 4.78 is 11.0. The maximum absolute atomic E-state index is 12.6. The number of carbonyl (C=O) groups excluding carboxylic acids is 3. The average Bonchev–Trinajstić information content (AvgIpc) is 2.94. The van der Waals surface area contributed by atoms with Crippen molar-refractivity contribution in [2.45, 2.75) is 39.9 Å². The maximum atomic E-state index is 12.6. The van der Waals surface area contributed by atoms with Crippen LogP contribution in [0.4, 0.5) is 4.79 Å². The first-order valence-corrected chi connectivity index (χ1v) is 10.7. The van der Waals surface area contributed by atoms with Crippen molar-refractivity contribution in [3.63, 3.8) is 0 Å². The number of hydrogen-bond donors (Lipinski definition) is 0. The van der Waals surface area contributed by atoms with Crippen LogP contribution in [0.15, 0.2) is 53.4 Å². The number of carbonyl (C=O) groups is 3. The Bertz CT molecular complexity index is 1000. The number of nitrogens with zero attached hydrogens (tertiary/aromatic N) is 1. The van der Waals surface area contributed by atoms with Crippen LogP contribution < -0.4 is 4.74 Å². The Balaban J connectivity index is 1.61. The van der Waals surface area contributed by atoms with Crippen molar-refractivity contribution in [2.75, 3.05) is 6.54 Å². The zero-order valence-corrected chi connectivity index (χ0v) is 18.8. The van der Waals surface area contributed by atoms with Crippen molar-refractivity contribution in [3.05, 3.63) is 70.1 Å². The van der Waals surface area contributed by atoms with Crippen molar-refractivity contribution in [3.8, 4) is 5.75 Å². The normalized spacial score (nSPS) is 15.5. The molecule has 162 valence electrons. The van der Waals surface area contributed by atoms with E-state index in [0.717, 1.165) is 27.8 Å². The van der Waals surface area contributed by atoms with Crippen molar-refractivity contribution >= 4 is 35.0 Å². The van der Waals surface area contributed by atoms with Crippen LogP contribution in [-0.2, 0) is 20.9 Å². The molecule has 3 rings (SSSR count). The molecular weight excluding hydrogens is 414 g/mol. The molecule has 0 bridgehead atoms. The molecule has 6 nitrogen and oxygen atoms in total. The quantitative estimate of drug-likeness (QED) is 0.468. The van der Waals surface area contributed by atoms with E-state index < -0.39 is 29.3 Å². The van der Waals surface area contributed by atoms with E-state index in [9.17, 15) is 14.4 Å². The lowest BCUT2D eigenvalue weighted by Crippen LogP contribution is -2.37. The van der Waals surface area contributed by atoms with Gasteiger partial charge in [0.15, 0.2) is 0 Å². The van der Waals surface area contributed by atoms with Crippen LogP contribution in [0.1, 0.15) is 37.5 Å². The molecule has 1 heterocycles. The predicted molar refractivity (Wildman–Crippen MR) is 120 cm³/mol. The fraction of sp³-hybridized carbons (Fsp3) is 0.292. The van der Waals surface area contributed by atoms with Gasteiger partial charge in [-0.05, 0) is 68.8 Å². The molecule has 7 heteroatoms. The second-order valence-electron chi connectivity index (χ2n) is 8.20. The Morgan fingerprint density at radius 2 is 1.68 bits per heavy atom. The van der Waals surface area contributed by atoms with Crippen LogP contribution in [0.3, 0.4) is 0 Å². The van der Waals surface area contributed by atoms with Gasteiger partial charge in [0.25, 0.3) is 11.1 Å². The lowest BCUT2D eigenvalue weighted by molar-refractivity contribution is -0.156. The highest BCUT2D eigenvalue weighted by atomic mass is 32.2. The summed E-state index contributed by atoms with van der Waals surface area (Å²) in [6.45, 7) is 7.29. The van der Waals surface area contributed by atoms with E-state index in [4.69, 9.17) is 9.47 Å². The summed E-state index contributed by atoms with van der Waals surface area (Å²) in [5, 5.41) is -0.486. The minimum absolute atomic E-state index is 0.266. The Labute approximate surface area is 186 Å². The summed E-state index contributed by atoms with van der Waals surface area (Å²) in [5.74, 6) is -0.414. The molecular formula is C24H25NO5S. The van der Waals surface area contributed by atoms with Gasteiger partial charge in [-0.25, -0.2) is 0 Å². The molecule has 2 aromatic rings. The minimum Gasteiger partial charge on any atom is -0.489 e. The van der Waals surface area contributed by atoms with Crippen LogP contribution >= 0.6 is 11.8 Å². The molecule has 0 unspecified atom stereocenters. The summed E-state index contributed by atoms with van der Waals surface area (Å²) >= 11 is 0.809. The number of hydrogen-bond acceptors (Lipinski definition) is 6.